The van der Waals surface area contributed by atoms with Crippen LogP contribution in [0.15, 0.2) is 52.8 Å². The highest BCUT2D eigenvalue weighted by molar-refractivity contribution is 6.18. The van der Waals surface area contributed by atoms with E-state index in [9.17, 15) is 14.4 Å². The number of carbonyl (C=O) groups is 1. The second-order valence-electron chi connectivity index (χ2n) is 5.13. The van der Waals surface area contributed by atoms with E-state index >= 15 is 0 Å². The van der Waals surface area contributed by atoms with Gasteiger partial charge in [0.25, 0.3) is 0 Å². The molecular weight excluding hydrogens is 363 g/mol. The highest BCUT2D eigenvalue weighted by Gasteiger charge is 2.18. The van der Waals surface area contributed by atoms with Crippen LogP contribution in [0.5, 0.6) is 0 Å². The van der Waals surface area contributed by atoms with Crippen molar-refractivity contribution in [2.75, 3.05) is 11.9 Å². The normalized spacial score (nSPS) is 11.7. The van der Waals surface area contributed by atoms with E-state index in [0.717, 1.165) is 0 Å². The van der Waals surface area contributed by atoms with Crippen LogP contribution in [0, 0.1) is 5.82 Å². The summed E-state index contributed by atoms with van der Waals surface area (Å²) in [6.07, 6.45) is 0. The van der Waals surface area contributed by atoms with Gasteiger partial charge in [0.05, 0.1) is 17.9 Å². The van der Waals surface area contributed by atoms with E-state index in [0.29, 0.717) is 11.3 Å². The number of carbonyl (C=O) groups excluding carboxylic acids is 1. The minimum atomic E-state index is -0.593. The minimum Gasteiger partial charge on any atom is -0.411 e. The lowest BCUT2D eigenvalue weighted by Crippen LogP contribution is -2.23. The highest BCUT2D eigenvalue weighted by atomic mass is 35.5. The van der Waals surface area contributed by atoms with Gasteiger partial charge in [0.15, 0.2) is 0 Å². The first-order valence-corrected chi connectivity index (χ1v) is 7.32. The van der Waals surface area contributed by atoms with Crippen LogP contribution in [0.2, 0.25) is 0 Å². The monoisotopic (exact) mass is 380 g/mol. The molecule has 9 heteroatoms. The number of hydrogen-bond acceptors (Lipinski definition) is 6. The molecule has 1 amide bonds. The van der Waals surface area contributed by atoms with E-state index in [1.54, 1.807) is 19.1 Å². The highest BCUT2D eigenvalue weighted by Crippen LogP contribution is 2.24. The zero-order valence-corrected chi connectivity index (χ0v) is 14.6. The van der Waals surface area contributed by atoms with Crippen molar-refractivity contribution in [3.63, 3.8) is 0 Å². The summed E-state index contributed by atoms with van der Waals surface area (Å²) in [5.41, 5.74) is 6.59. The standard InChI is InChI=1S/C17H17FN4O3.ClH/c1-10(21-24)11-6-7-15(20-16(23)9-19)13(8-11)17(22-25)12-4-2-3-5-14(12)18;/h2-8,24-25H,9,19H2,1H3,(H,20,23);1H. The summed E-state index contributed by atoms with van der Waals surface area (Å²) in [6.45, 7) is 1.32. The van der Waals surface area contributed by atoms with Crippen LogP contribution < -0.4 is 11.1 Å². The van der Waals surface area contributed by atoms with Crippen molar-refractivity contribution in [2.45, 2.75) is 6.92 Å². The van der Waals surface area contributed by atoms with E-state index < -0.39 is 11.7 Å². The number of nitrogens with two attached hydrogens (primary N) is 1. The van der Waals surface area contributed by atoms with Gasteiger partial charge < -0.3 is 21.5 Å². The van der Waals surface area contributed by atoms with Gasteiger partial charge >= 0.3 is 0 Å². The van der Waals surface area contributed by atoms with Crippen molar-refractivity contribution in [3.8, 4) is 0 Å². The van der Waals surface area contributed by atoms with Gasteiger partial charge in [-0.15, -0.1) is 12.4 Å². The van der Waals surface area contributed by atoms with Gasteiger partial charge in [-0.1, -0.05) is 28.5 Å². The van der Waals surface area contributed by atoms with E-state index in [-0.39, 0.29) is 41.5 Å². The molecule has 7 nitrogen and oxygen atoms in total. The molecule has 0 aromatic heterocycles. The number of oxime groups is 2. The first-order chi connectivity index (χ1) is 12.0. The van der Waals surface area contributed by atoms with Gasteiger partial charge in [0.1, 0.15) is 11.5 Å². The number of nitrogens with zero attached hydrogens (tertiary/aromatic N) is 2. The Morgan fingerprint density at radius 2 is 1.85 bits per heavy atom. The molecule has 0 fully saturated rings. The van der Waals surface area contributed by atoms with Gasteiger partial charge in [0, 0.05) is 11.1 Å². The fraction of sp³-hybridized carbons (Fsp3) is 0.118. The number of benzene rings is 2. The number of halogens is 2. The maximum atomic E-state index is 14.1. The first-order valence-electron chi connectivity index (χ1n) is 7.32. The Hall–Kier alpha value is -2.97. The first kappa shape index (κ1) is 21.1. The van der Waals surface area contributed by atoms with Crippen LogP contribution in [0.25, 0.3) is 0 Å². The Kier molecular flexibility index (Phi) is 7.70. The summed E-state index contributed by atoms with van der Waals surface area (Å²) in [6, 6.07) is 10.4. The molecule has 138 valence electrons. The summed E-state index contributed by atoms with van der Waals surface area (Å²) >= 11 is 0. The predicted octanol–water partition coefficient (Wildman–Crippen LogP) is 2.57. The molecule has 2 aromatic carbocycles. The molecule has 2 rings (SSSR count). The number of hydrogen-bond donors (Lipinski definition) is 4. The quantitative estimate of drug-likeness (QED) is 0.362. The molecule has 0 saturated carbocycles. The van der Waals surface area contributed by atoms with Crippen LogP contribution >= 0.6 is 12.4 Å². The third-order valence-corrected chi connectivity index (χ3v) is 3.53. The molecule has 26 heavy (non-hydrogen) atoms. The Morgan fingerprint density at radius 1 is 1.15 bits per heavy atom. The third-order valence-electron chi connectivity index (χ3n) is 3.53. The van der Waals surface area contributed by atoms with Crippen LogP contribution in [0.1, 0.15) is 23.6 Å². The molecule has 0 aliphatic carbocycles. The van der Waals surface area contributed by atoms with Gasteiger partial charge in [-0.3, -0.25) is 4.79 Å². The smallest absolute Gasteiger partial charge is 0.238 e. The summed E-state index contributed by atoms with van der Waals surface area (Å²) in [5, 5.41) is 27.3. The molecule has 0 radical (unpaired) electrons. The molecule has 0 atom stereocenters. The lowest BCUT2D eigenvalue weighted by Gasteiger charge is -2.14. The van der Waals surface area contributed by atoms with E-state index in [1.165, 1.54) is 30.3 Å². The van der Waals surface area contributed by atoms with Crippen LogP contribution in [0.3, 0.4) is 0 Å². The van der Waals surface area contributed by atoms with E-state index in [4.69, 9.17) is 10.9 Å². The molecule has 0 spiro atoms. The fourth-order valence-electron chi connectivity index (χ4n) is 2.24. The summed E-state index contributed by atoms with van der Waals surface area (Å²) in [5.74, 6) is -1.06. The SMILES string of the molecule is CC(=NO)c1ccc(NC(=O)CN)c(C(=NO)c2ccccc2F)c1.Cl. The molecule has 5 N–H and O–H groups in total. The second-order valence-corrected chi connectivity index (χ2v) is 5.13. The van der Waals surface area contributed by atoms with Crippen molar-refractivity contribution in [1.29, 1.82) is 0 Å². The van der Waals surface area contributed by atoms with Crippen molar-refractivity contribution < 1.29 is 19.6 Å². The molecule has 0 unspecified atom stereocenters. The summed E-state index contributed by atoms with van der Waals surface area (Å²) in [7, 11) is 0. The fourth-order valence-corrected chi connectivity index (χ4v) is 2.24. The van der Waals surface area contributed by atoms with Crippen LogP contribution in [-0.2, 0) is 4.79 Å². The molecule has 0 saturated heterocycles. The van der Waals surface area contributed by atoms with Gasteiger partial charge in [-0.2, -0.15) is 0 Å². The Balaban J connectivity index is 0.00000338. The second kappa shape index (κ2) is 9.50. The van der Waals surface area contributed by atoms with Gasteiger partial charge in [-0.05, 0) is 36.8 Å². The summed E-state index contributed by atoms with van der Waals surface area (Å²) in [4.78, 5) is 11.6. The molecular formula is C17H18ClFN4O3. The van der Waals surface area contributed by atoms with Crippen molar-refractivity contribution in [3.05, 3.63) is 65.0 Å². The number of rotatable bonds is 5. The lowest BCUT2D eigenvalue weighted by atomic mass is 9.97. The largest absolute Gasteiger partial charge is 0.411 e. The van der Waals surface area contributed by atoms with E-state index in [2.05, 4.69) is 15.6 Å². The number of amides is 1. The third kappa shape index (κ3) is 4.56. The predicted molar refractivity (Wildman–Crippen MR) is 99.2 cm³/mol. The van der Waals surface area contributed by atoms with Crippen molar-refractivity contribution in [2.24, 2.45) is 16.0 Å². The zero-order chi connectivity index (χ0) is 18.4. The van der Waals surface area contributed by atoms with Crippen LogP contribution in [-0.4, -0.2) is 34.3 Å². The van der Waals surface area contributed by atoms with Gasteiger partial charge in [-0.25, -0.2) is 4.39 Å². The average molecular weight is 381 g/mol. The lowest BCUT2D eigenvalue weighted by molar-refractivity contribution is -0.114. The summed E-state index contributed by atoms with van der Waals surface area (Å²) < 4.78 is 14.1. The maximum Gasteiger partial charge on any atom is 0.238 e. The molecule has 0 aliphatic heterocycles. The van der Waals surface area contributed by atoms with E-state index in [1.807, 2.05) is 0 Å². The Bertz CT molecular complexity index is 856. The van der Waals surface area contributed by atoms with Gasteiger partial charge in [0.2, 0.25) is 5.91 Å². The average Bonchev–Trinajstić information content (AvgIpc) is 2.64. The minimum absolute atomic E-state index is 0. The molecule has 2 aromatic rings. The number of anilines is 1. The molecule has 0 heterocycles. The molecule has 0 bridgehead atoms. The Labute approximate surface area is 155 Å². The molecule has 0 aliphatic rings. The topological polar surface area (TPSA) is 120 Å². The Morgan fingerprint density at radius 3 is 2.42 bits per heavy atom. The zero-order valence-electron chi connectivity index (χ0n) is 13.8. The number of nitrogens with one attached hydrogen (secondary N) is 1. The van der Waals surface area contributed by atoms with Crippen molar-refractivity contribution in [1.82, 2.24) is 0 Å². The maximum absolute atomic E-state index is 14.1. The van der Waals surface area contributed by atoms with Crippen molar-refractivity contribution >= 4 is 35.4 Å². The van der Waals surface area contributed by atoms with Crippen LogP contribution in [0.4, 0.5) is 10.1 Å².